The van der Waals surface area contributed by atoms with Crippen molar-refractivity contribution in [2.75, 3.05) is 50.8 Å². The number of carbonyl (C=O) groups excluding carboxylic acids is 2. The van der Waals surface area contributed by atoms with Crippen molar-refractivity contribution < 1.29 is 9.59 Å². The second-order valence-corrected chi connectivity index (χ2v) is 14.7. The fourth-order valence-electron chi connectivity index (χ4n) is 4.66. The van der Waals surface area contributed by atoms with E-state index < -0.39 is 0 Å². The summed E-state index contributed by atoms with van der Waals surface area (Å²) in [5, 5.41) is 6.59. The van der Waals surface area contributed by atoms with Crippen LogP contribution in [0.5, 0.6) is 0 Å². The number of hydrogen-bond donors (Lipinski definition) is 4. The van der Waals surface area contributed by atoms with E-state index in [0.29, 0.717) is 51.1 Å². The van der Waals surface area contributed by atoms with Gasteiger partial charge in [0.05, 0.1) is 0 Å². The highest BCUT2D eigenvalue weighted by atomic mass is 35.5. The predicted molar refractivity (Wildman–Crippen MR) is 205 cm³/mol. The van der Waals surface area contributed by atoms with Gasteiger partial charge in [-0.25, -0.2) is 9.59 Å². The van der Waals surface area contributed by atoms with Crippen LogP contribution in [-0.2, 0) is 12.8 Å². The normalized spacial score (nSPS) is 12.1. The molecule has 0 fully saturated rings. The van der Waals surface area contributed by atoms with Gasteiger partial charge in [0.1, 0.15) is 0 Å². The van der Waals surface area contributed by atoms with Crippen molar-refractivity contribution in [3.05, 3.63) is 71.8 Å². The van der Waals surface area contributed by atoms with Gasteiger partial charge in [-0.2, -0.15) is 0 Å². The molecule has 0 radical (unpaired) electrons. The molecule has 0 saturated heterocycles. The van der Waals surface area contributed by atoms with Gasteiger partial charge in [-0.15, -0.1) is 24.8 Å². The largest absolute Gasteiger partial charge is 0.334 e. The van der Waals surface area contributed by atoms with E-state index in [4.69, 9.17) is 11.5 Å². The number of nitrogens with one attached hydrogen (secondary N) is 2. The summed E-state index contributed by atoms with van der Waals surface area (Å²) in [6, 6.07) is 20.4. The van der Waals surface area contributed by atoms with Gasteiger partial charge in [0.25, 0.3) is 0 Å². The first kappa shape index (κ1) is 44.2. The first-order valence-corrected chi connectivity index (χ1v) is 18.5. The van der Waals surface area contributed by atoms with E-state index in [-0.39, 0.29) is 49.0 Å². The van der Waals surface area contributed by atoms with Crippen molar-refractivity contribution >= 4 is 58.5 Å². The summed E-state index contributed by atoms with van der Waals surface area (Å²) >= 11 is 0. The highest BCUT2D eigenvalue weighted by Crippen LogP contribution is 2.25. The van der Waals surface area contributed by atoms with Crippen molar-refractivity contribution in [3.63, 3.8) is 0 Å². The Morgan fingerprint density at radius 3 is 1.28 bits per heavy atom. The van der Waals surface area contributed by atoms with E-state index in [1.54, 1.807) is 21.6 Å². The summed E-state index contributed by atoms with van der Waals surface area (Å²) in [4.78, 5) is 30.3. The molecule has 6 N–H and O–H groups in total. The third-order valence-electron chi connectivity index (χ3n) is 7.25. The fourth-order valence-corrected chi connectivity index (χ4v) is 7.15. The highest BCUT2D eigenvalue weighted by molar-refractivity contribution is 8.76. The maximum absolute atomic E-state index is 13.3. The maximum atomic E-state index is 13.3. The van der Waals surface area contributed by atoms with Crippen LogP contribution in [0.15, 0.2) is 60.7 Å². The fraction of sp³-hybridized carbons (Fsp3) is 0.588. The third kappa shape index (κ3) is 19.1. The van der Waals surface area contributed by atoms with Crippen molar-refractivity contribution in [2.24, 2.45) is 23.3 Å². The Kier molecular flexibility index (Phi) is 25.1. The molecule has 12 heteroatoms. The lowest BCUT2D eigenvalue weighted by atomic mass is 10.1. The Labute approximate surface area is 298 Å². The summed E-state index contributed by atoms with van der Waals surface area (Å²) in [6.07, 6.45) is 3.37. The first-order valence-electron chi connectivity index (χ1n) is 16.0. The number of urea groups is 2. The van der Waals surface area contributed by atoms with E-state index in [1.807, 2.05) is 46.2 Å². The molecule has 8 nitrogen and oxygen atoms in total. The van der Waals surface area contributed by atoms with Gasteiger partial charge < -0.3 is 31.9 Å². The molecule has 0 aliphatic heterocycles. The van der Waals surface area contributed by atoms with Gasteiger partial charge in [0, 0.05) is 62.9 Å². The second kappa shape index (κ2) is 26.2. The number of hydrogen-bond acceptors (Lipinski definition) is 6. The molecule has 0 aliphatic carbocycles. The lowest BCUT2D eigenvalue weighted by Crippen LogP contribution is -2.49. The standard InChI is InChI=1S/C34H56N6O2S2.2ClH/c1-27(2)15-19-39(21-17-35)33(41)37-31(23-29-11-7-5-8-12-29)25-43-44-26-32(24-30-13-9-6-10-14-30)38-34(42)40(22-18-36)20-16-28(3)4;;/h5-14,27-28,31-32H,15-26,35-36H2,1-4H3,(H,37,41)(H,38,42);2*1H/t31-,32?;;/m0../s1. The van der Waals surface area contributed by atoms with Crippen LogP contribution in [0.3, 0.4) is 0 Å². The van der Waals surface area contributed by atoms with Gasteiger partial charge in [-0.05, 0) is 48.6 Å². The zero-order valence-electron chi connectivity index (χ0n) is 28.1. The Hall–Kier alpha value is -1.82. The minimum atomic E-state index is -0.0572. The minimum Gasteiger partial charge on any atom is -0.334 e. The number of carbonyl (C=O) groups is 2. The summed E-state index contributed by atoms with van der Waals surface area (Å²) in [5.41, 5.74) is 14.1. The summed E-state index contributed by atoms with van der Waals surface area (Å²) in [7, 11) is 3.48. The monoisotopic (exact) mass is 716 g/mol. The van der Waals surface area contributed by atoms with Gasteiger partial charge in [-0.3, -0.25) is 0 Å². The number of halogens is 2. The highest BCUT2D eigenvalue weighted by Gasteiger charge is 2.21. The molecule has 262 valence electrons. The number of nitrogens with two attached hydrogens (primary N) is 2. The number of amides is 4. The smallest absolute Gasteiger partial charge is 0.317 e. The lowest BCUT2D eigenvalue weighted by Gasteiger charge is -2.28. The van der Waals surface area contributed by atoms with Crippen molar-refractivity contribution in [3.8, 4) is 0 Å². The van der Waals surface area contributed by atoms with Gasteiger partial charge in [-0.1, -0.05) is 110 Å². The summed E-state index contributed by atoms with van der Waals surface area (Å²) in [5.74, 6) is 2.51. The van der Waals surface area contributed by atoms with Gasteiger partial charge in [0.2, 0.25) is 0 Å². The van der Waals surface area contributed by atoms with E-state index in [0.717, 1.165) is 37.2 Å². The van der Waals surface area contributed by atoms with Crippen LogP contribution in [0.2, 0.25) is 0 Å². The second-order valence-electron chi connectivity index (χ2n) is 12.2. The Morgan fingerprint density at radius 2 is 0.978 bits per heavy atom. The quantitative estimate of drug-likeness (QED) is 0.0870. The molecule has 1 unspecified atom stereocenters. The molecule has 2 rings (SSSR count). The van der Waals surface area contributed by atoms with E-state index in [1.165, 1.54) is 11.1 Å². The van der Waals surface area contributed by atoms with Crippen LogP contribution < -0.4 is 22.1 Å². The van der Waals surface area contributed by atoms with Gasteiger partial charge in [0.15, 0.2) is 0 Å². The molecule has 0 aliphatic rings. The van der Waals surface area contributed by atoms with Crippen LogP contribution in [0.25, 0.3) is 0 Å². The molecule has 0 heterocycles. The SMILES string of the molecule is CC(C)CCN(CCN)C(=O)NC(CSSC[C@H](Cc1ccccc1)NC(=O)N(CCN)CCC(C)C)Cc1ccccc1.Cl.Cl. The van der Waals surface area contributed by atoms with Crippen LogP contribution in [-0.4, -0.2) is 84.7 Å². The summed E-state index contributed by atoms with van der Waals surface area (Å²) < 4.78 is 0. The average Bonchev–Trinajstić information content (AvgIpc) is 3.00. The van der Waals surface area contributed by atoms with E-state index in [9.17, 15) is 9.59 Å². The molecule has 0 bridgehead atoms. The van der Waals surface area contributed by atoms with Crippen molar-refractivity contribution in [1.29, 1.82) is 0 Å². The molecule has 0 spiro atoms. The van der Waals surface area contributed by atoms with Crippen LogP contribution >= 0.6 is 46.4 Å². The number of nitrogens with zero attached hydrogens (tertiary/aromatic N) is 2. The topological polar surface area (TPSA) is 117 Å². The zero-order valence-corrected chi connectivity index (χ0v) is 31.3. The Morgan fingerprint density at radius 1 is 0.630 bits per heavy atom. The molecule has 4 amide bonds. The lowest BCUT2D eigenvalue weighted by molar-refractivity contribution is 0.192. The Bertz CT molecular complexity index is 973. The number of benzene rings is 2. The third-order valence-corrected chi connectivity index (χ3v) is 9.81. The Balaban J connectivity index is 0.0000101. The minimum absolute atomic E-state index is 0. The molecule has 2 aromatic carbocycles. The molecule has 2 aromatic rings. The van der Waals surface area contributed by atoms with Crippen molar-refractivity contribution in [2.45, 2.75) is 65.5 Å². The van der Waals surface area contributed by atoms with E-state index in [2.05, 4.69) is 62.6 Å². The van der Waals surface area contributed by atoms with Crippen LogP contribution in [0.1, 0.15) is 51.7 Å². The predicted octanol–water partition coefficient (Wildman–Crippen LogP) is 6.47. The average molecular weight is 718 g/mol. The zero-order chi connectivity index (χ0) is 32.2. The van der Waals surface area contributed by atoms with E-state index >= 15 is 0 Å². The number of rotatable bonds is 21. The molecular weight excluding hydrogens is 659 g/mol. The van der Waals surface area contributed by atoms with Crippen LogP contribution in [0.4, 0.5) is 9.59 Å². The molecule has 46 heavy (non-hydrogen) atoms. The molecule has 0 aromatic heterocycles. The first-order chi connectivity index (χ1) is 21.2. The van der Waals surface area contributed by atoms with Gasteiger partial charge >= 0.3 is 12.1 Å². The molecule has 0 saturated carbocycles. The summed E-state index contributed by atoms with van der Waals surface area (Å²) in [6.45, 7) is 12.0. The molecular formula is C34H58Cl2N6O2S2. The maximum Gasteiger partial charge on any atom is 0.317 e. The molecule has 2 atom stereocenters. The van der Waals surface area contributed by atoms with Crippen LogP contribution in [0, 0.1) is 11.8 Å². The van der Waals surface area contributed by atoms with Crippen molar-refractivity contribution in [1.82, 2.24) is 20.4 Å².